The number of ether oxygens (including phenoxy) is 1. The number of anilines is 1. The SMILES string of the molecule is CCN(Cc1cncn1Cc1ccc(C#N)cc1)C1Cc2ccccc2Oc2ccccc2N(C)C1=O. The fourth-order valence-electron chi connectivity index (χ4n) is 4.79. The van der Waals surface area contributed by atoms with Crippen LogP contribution in [0.4, 0.5) is 5.69 Å². The number of fused-ring (bicyclic) bond motifs is 2. The van der Waals surface area contributed by atoms with Crippen molar-refractivity contribution in [1.29, 1.82) is 5.26 Å². The first kappa shape index (κ1) is 24.3. The van der Waals surface area contributed by atoms with E-state index < -0.39 is 0 Å². The lowest BCUT2D eigenvalue weighted by Crippen LogP contribution is -2.48. The number of amides is 1. The molecule has 0 aliphatic carbocycles. The minimum absolute atomic E-state index is 0.0211. The lowest BCUT2D eigenvalue weighted by molar-refractivity contribution is -0.123. The Bertz CT molecular complexity index is 1440. The number of hydrogen-bond acceptors (Lipinski definition) is 5. The van der Waals surface area contributed by atoms with Gasteiger partial charge in [-0.2, -0.15) is 5.26 Å². The second-order valence-electron chi connectivity index (χ2n) is 9.18. The summed E-state index contributed by atoms with van der Waals surface area (Å²) < 4.78 is 8.40. The van der Waals surface area contributed by atoms with Gasteiger partial charge in [-0.3, -0.25) is 9.69 Å². The average molecular weight is 492 g/mol. The molecule has 0 radical (unpaired) electrons. The van der Waals surface area contributed by atoms with E-state index in [0.717, 1.165) is 28.3 Å². The third-order valence-electron chi connectivity index (χ3n) is 6.89. The Hall–Kier alpha value is -4.41. The van der Waals surface area contributed by atoms with Gasteiger partial charge in [0.05, 0.1) is 35.4 Å². The summed E-state index contributed by atoms with van der Waals surface area (Å²) in [5.74, 6) is 1.45. The van der Waals surface area contributed by atoms with Crippen LogP contribution in [0.1, 0.15) is 29.3 Å². The molecule has 1 unspecified atom stereocenters. The van der Waals surface area contributed by atoms with Crippen molar-refractivity contribution in [3.05, 3.63) is 108 Å². The zero-order valence-corrected chi connectivity index (χ0v) is 21.0. The van der Waals surface area contributed by atoms with E-state index in [9.17, 15) is 4.79 Å². The van der Waals surface area contributed by atoms with Gasteiger partial charge in [0.15, 0.2) is 5.75 Å². The van der Waals surface area contributed by atoms with Gasteiger partial charge in [0.2, 0.25) is 5.91 Å². The van der Waals surface area contributed by atoms with Gasteiger partial charge >= 0.3 is 0 Å². The molecule has 4 aromatic rings. The van der Waals surface area contributed by atoms with Gasteiger partial charge in [-0.05, 0) is 48.0 Å². The van der Waals surface area contributed by atoms with E-state index in [1.807, 2.05) is 92.4 Å². The Labute approximate surface area is 217 Å². The van der Waals surface area contributed by atoms with Gasteiger partial charge in [0.1, 0.15) is 5.75 Å². The molecule has 0 saturated carbocycles. The van der Waals surface area contributed by atoms with Gasteiger partial charge in [-0.25, -0.2) is 4.98 Å². The number of nitriles is 1. The number of para-hydroxylation sites is 3. The number of hydrogen-bond donors (Lipinski definition) is 0. The van der Waals surface area contributed by atoms with E-state index in [1.165, 1.54) is 0 Å². The highest BCUT2D eigenvalue weighted by molar-refractivity contribution is 5.98. The molecule has 0 bridgehead atoms. The quantitative estimate of drug-likeness (QED) is 0.379. The molecule has 3 aromatic carbocycles. The summed E-state index contributed by atoms with van der Waals surface area (Å²) in [5.41, 5.74) is 4.49. The molecule has 37 heavy (non-hydrogen) atoms. The molecule has 1 aliphatic heterocycles. The fraction of sp³-hybridized carbons (Fsp3) is 0.233. The summed E-state index contributed by atoms with van der Waals surface area (Å²) in [6.07, 6.45) is 4.21. The number of benzene rings is 3. The lowest BCUT2D eigenvalue weighted by atomic mass is 10.0. The van der Waals surface area contributed by atoms with E-state index in [0.29, 0.717) is 37.4 Å². The van der Waals surface area contributed by atoms with E-state index in [-0.39, 0.29) is 11.9 Å². The summed E-state index contributed by atoms with van der Waals surface area (Å²) in [6.45, 7) is 3.98. The second kappa shape index (κ2) is 10.7. The summed E-state index contributed by atoms with van der Waals surface area (Å²) >= 11 is 0. The van der Waals surface area contributed by atoms with Crippen molar-refractivity contribution in [2.24, 2.45) is 0 Å². The minimum atomic E-state index is -0.385. The van der Waals surface area contributed by atoms with E-state index >= 15 is 0 Å². The number of imidazole rings is 1. The Morgan fingerprint density at radius 3 is 2.54 bits per heavy atom. The zero-order chi connectivity index (χ0) is 25.8. The fourth-order valence-corrected chi connectivity index (χ4v) is 4.79. The van der Waals surface area contributed by atoms with Crippen LogP contribution < -0.4 is 9.64 Å². The number of nitrogens with zero attached hydrogens (tertiary/aromatic N) is 5. The van der Waals surface area contributed by atoms with E-state index in [4.69, 9.17) is 10.00 Å². The maximum Gasteiger partial charge on any atom is 0.244 e. The third kappa shape index (κ3) is 5.11. The molecule has 186 valence electrons. The van der Waals surface area contributed by atoms with Gasteiger partial charge < -0.3 is 14.2 Å². The Balaban J connectivity index is 1.46. The van der Waals surface area contributed by atoms with Crippen LogP contribution in [0.15, 0.2) is 85.3 Å². The van der Waals surface area contributed by atoms with Crippen molar-refractivity contribution in [3.63, 3.8) is 0 Å². The highest BCUT2D eigenvalue weighted by Gasteiger charge is 2.32. The highest BCUT2D eigenvalue weighted by Crippen LogP contribution is 2.36. The Morgan fingerprint density at radius 2 is 1.78 bits per heavy atom. The van der Waals surface area contributed by atoms with Crippen molar-refractivity contribution in [2.75, 3.05) is 18.5 Å². The topological polar surface area (TPSA) is 74.4 Å². The van der Waals surface area contributed by atoms with Crippen LogP contribution in [0.3, 0.4) is 0 Å². The number of likely N-dealkylation sites (N-methyl/N-ethyl adjacent to an activating group) is 2. The van der Waals surface area contributed by atoms with Crippen LogP contribution in [0, 0.1) is 11.3 Å². The molecule has 1 aliphatic rings. The number of carbonyl (C=O) groups is 1. The average Bonchev–Trinajstić information content (AvgIpc) is 3.38. The maximum absolute atomic E-state index is 14.0. The Kier molecular flexibility index (Phi) is 7.02. The van der Waals surface area contributed by atoms with Gasteiger partial charge in [-0.1, -0.05) is 49.4 Å². The molecule has 0 N–H and O–H groups in total. The first-order chi connectivity index (χ1) is 18.1. The predicted octanol–water partition coefficient (Wildman–Crippen LogP) is 5.00. The molecule has 0 saturated heterocycles. The third-order valence-corrected chi connectivity index (χ3v) is 6.89. The number of carbonyl (C=O) groups excluding carboxylic acids is 1. The first-order valence-corrected chi connectivity index (χ1v) is 12.4. The molecule has 2 heterocycles. The van der Waals surface area contributed by atoms with Crippen molar-refractivity contribution in [2.45, 2.75) is 32.5 Å². The first-order valence-electron chi connectivity index (χ1n) is 12.4. The molecule has 5 rings (SSSR count). The summed E-state index contributed by atoms with van der Waals surface area (Å²) in [7, 11) is 1.82. The van der Waals surface area contributed by atoms with Crippen molar-refractivity contribution >= 4 is 11.6 Å². The summed E-state index contributed by atoms with van der Waals surface area (Å²) in [4.78, 5) is 22.3. The maximum atomic E-state index is 14.0. The molecule has 7 heteroatoms. The molecule has 7 nitrogen and oxygen atoms in total. The Morgan fingerprint density at radius 1 is 1.05 bits per heavy atom. The van der Waals surface area contributed by atoms with Crippen LogP contribution in [-0.2, 0) is 24.3 Å². The largest absolute Gasteiger partial charge is 0.455 e. The predicted molar refractivity (Wildman–Crippen MR) is 142 cm³/mol. The second-order valence-corrected chi connectivity index (χ2v) is 9.18. The van der Waals surface area contributed by atoms with Crippen molar-refractivity contribution in [1.82, 2.24) is 14.5 Å². The molecule has 0 fully saturated rings. The van der Waals surface area contributed by atoms with Crippen LogP contribution in [0.2, 0.25) is 0 Å². The van der Waals surface area contributed by atoms with Crippen LogP contribution in [0.25, 0.3) is 0 Å². The molecule has 1 aromatic heterocycles. The highest BCUT2D eigenvalue weighted by atomic mass is 16.5. The molecule has 0 spiro atoms. The standard InChI is InChI=1S/C30H29N5O2/c1-3-34(20-25-18-32-21-35(25)19-23-14-12-22(17-31)13-15-23)27-16-24-8-4-6-10-28(24)37-29-11-7-5-9-26(29)33(2)30(27)36/h4-15,18,21,27H,3,16,19-20H2,1-2H3. The molecular formula is C30H29N5O2. The number of aromatic nitrogens is 2. The van der Waals surface area contributed by atoms with Crippen molar-refractivity contribution < 1.29 is 9.53 Å². The smallest absolute Gasteiger partial charge is 0.244 e. The monoisotopic (exact) mass is 491 g/mol. The zero-order valence-electron chi connectivity index (χ0n) is 21.0. The van der Waals surface area contributed by atoms with Gasteiger partial charge in [0, 0.05) is 32.8 Å². The van der Waals surface area contributed by atoms with Crippen LogP contribution in [-0.4, -0.2) is 40.0 Å². The van der Waals surface area contributed by atoms with E-state index in [1.54, 1.807) is 4.90 Å². The number of rotatable bonds is 6. The van der Waals surface area contributed by atoms with Crippen LogP contribution >= 0.6 is 0 Å². The van der Waals surface area contributed by atoms with E-state index in [2.05, 4.69) is 27.4 Å². The molecular weight excluding hydrogens is 462 g/mol. The van der Waals surface area contributed by atoms with Gasteiger partial charge in [-0.15, -0.1) is 0 Å². The van der Waals surface area contributed by atoms with Crippen molar-refractivity contribution in [3.8, 4) is 17.6 Å². The minimum Gasteiger partial charge on any atom is -0.455 e. The summed E-state index contributed by atoms with van der Waals surface area (Å²) in [5, 5.41) is 9.08. The molecule has 1 atom stereocenters. The van der Waals surface area contributed by atoms with Crippen LogP contribution in [0.5, 0.6) is 11.5 Å². The normalized spacial score (nSPS) is 15.1. The van der Waals surface area contributed by atoms with Gasteiger partial charge in [0.25, 0.3) is 0 Å². The summed E-state index contributed by atoms with van der Waals surface area (Å²) in [6, 6.07) is 24.9. The molecule has 1 amide bonds. The lowest BCUT2D eigenvalue weighted by Gasteiger charge is -2.32.